The van der Waals surface area contributed by atoms with Crippen molar-refractivity contribution >= 4 is 33.4 Å². The van der Waals surface area contributed by atoms with Crippen LogP contribution < -0.4 is 4.90 Å². The molecule has 6 nitrogen and oxygen atoms in total. The first-order chi connectivity index (χ1) is 15.0. The second-order valence-electron chi connectivity index (χ2n) is 8.00. The van der Waals surface area contributed by atoms with E-state index in [2.05, 4.69) is 17.0 Å². The van der Waals surface area contributed by atoms with E-state index >= 15 is 0 Å². The minimum Gasteiger partial charge on any atom is -0.368 e. The van der Waals surface area contributed by atoms with Crippen LogP contribution in [-0.2, 0) is 14.8 Å². The first kappa shape index (κ1) is 22.2. The van der Waals surface area contributed by atoms with E-state index in [0.29, 0.717) is 43.9 Å². The van der Waals surface area contributed by atoms with E-state index < -0.39 is 10.0 Å². The molecule has 2 fully saturated rings. The number of nitrogens with zero attached hydrogens (tertiary/aromatic N) is 3. The fourth-order valence-electron chi connectivity index (χ4n) is 4.32. The van der Waals surface area contributed by atoms with Crippen LogP contribution in [0.15, 0.2) is 64.4 Å². The van der Waals surface area contributed by atoms with Crippen molar-refractivity contribution in [3.05, 3.63) is 54.6 Å². The third-order valence-electron chi connectivity index (χ3n) is 6.21. The molecular formula is C23H29N3O3S2. The Labute approximate surface area is 189 Å². The van der Waals surface area contributed by atoms with Gasteiger partial charge in [0.1, 0.15) is 0 Å². The zero-order valence-corrected chi connectivity index (χ0v) is 19.4. The van der Waals surface area contributed by atoms with Gasteiger partial charge in [0.25, 0.3) is 0 Å². The van der Waals surface area contributed by atoms with Crippen LogP contribution in [0.25, 0.3) is 0 Å². The van der Waals surface area contributed by atoms with Crippen LogP contribution in [0.3, 0.4) is 0 Å². The van der Waals surface area contributed by atoms with Gasteiger partial charge in [-0.3, -0.25) is 4.79 Å². The van der Waals surface area contributed by atoms with E-state index in [0.717, 1.165) is 18.0 Å². The van der Waals surface area contributed by atoms with Crippen molar-refractivity contribution in [2.75, 3.05) is 50.4 Å². The molecule has 0 N–H and O–H groups in total. The molecule has 4 rings (SSSR count). The number of benzene rings is 2. The molecule has 0 aromatic heterocycles. The van der Waals surface area contributed by atoms with E-state index in [-0.39, 0.29) is 11.8 Å². The molecule has 2 saturated heterocycles. The summed E-state index contributed by atoms with van der Waals surface area (Å²) in [6, 6.07) is 17.3. The highest BCUT2D eigenvalue weighted by molar-refractivity contribution is 7.98. The summed E-state index contributed by atoms with van der Waals surface area (Å²) in [7, 11) is -3.51. The Kier molecular flexibility index (Phi) is 6.89. The fourth-order valence-corrected chi connectivity index (χ4v) is 6.20. The van der Waals surface area contributed by atoms with Crippen LogP contribution in [-0.4, -0.2) is 69.1 Å². The largest absolute Gasteiger partial charge is 0.368 e. The summed E-state index contributed by atoms with van der Waals surface area (Å²) in [5.74, 6) is 0.0858. The van der Waals surface area contributed by atoms with Gasteiger partial charge < -0.3 is 9.80 Å². The number of carbonyl (C=O) groups excluding carboxylic acids is 1. The Balaban J connectivity index is 1.31. The van der Waals surface area contributed by atoms with Gasteiger partial charge in [0, 0.05) is 55.8 Å². The first-order valence-electron chi connectivity index (χ1n) is 10.7. The van der Waals surface area contributed by atoms with Crippen LogP contribution in [0.2, 0.25) is 0 Å². The van der Waals surface area contributed by atoms with Gasteiger partial charge in [0.2, 0.25) is 15.9 Å². The van der Waals surface area contributed by atoms with Crippen molar-refractivity contribution in [1.29, 1.82) is 0 Å². The monoisotopic (exact) mass is 459 g/mol. The van der Waals surface area contributed by atoms with Crippen molar-refractivity contribution in [3.63, 3.8) is 0 Å². The molecule has 31 heavy (non-hydrogen) atoms. The third kappa shape index (κ3) is 4.91. The maximum absolute atomic E-state index is 13.0. The minimum atomic E-state index is -3.51. The van der Waals surface area contributed by atoms with Gasteiger partial charge in [-0.2, -0.15) is 4.31 Å². The van der Waals surface area contributed by atoms with Crippen LogP contribution >= 0.6 is 11.8 Å². The molecule has 166 valence electrons. The summed E-state index contributed by atoms with van der Waals surface area (Å²) in [6.07, 6.45) is 3.13. The quantitative estimate of drug-likeness (QED) is 0.643. The fraction of sp³-hybridized carbons (Fsp3) is 0.435. The Bertz CT molecular complexity index is 980. The van der Waals surface area contributed by atoms with Crippen LogP contribution in [0.5, 0.6) is 0 Å². The van der Waals surface area contributed by atoms with Crippen molar-refractivity contribution in [3.8, 4) is 0 Å². The summed E-state index contributed by atoms with van der Waals surface area (Å²) >= 11 is 1.59. The Morgan fingerprint density at radius 2 is 1.48 bits per heavy atom. The second-order valence-corrected chi connectivity index (χ2v) is 10.8. The molecule has 0 saturated carbocycles. The molecule has 0 radical (unpaired) electrons. The Morgan fingerprint density at radius 3 is 2.06 bits per heavy atom. The van der Waals surface area contributed by atoms with E-state index in [1.54, 1.807) is 23.9 Å². The van der Waals surface area contributed by atoms with Gasteiger partial charge in [0.15, 0.2) is 0 Å². The maximum Gasteiger partial charge on any atom is 0.243 e. The third-order valence-corrected chi connectivity index (χ3v) is 8.87. The minimum absolute atomic E-state index is 0.0893. The lowest BCUT2D eigenvalue weighted by Crippen LogP contribution is -2.52. The number of carbonyl (C=O) groups is 1. The topological polar surface area (TPSA) is 60.9 Å². The number of hydrogen-bond donors (Lipinski definition) is 0. The second kappa shape index (κ2) is 9.63. The van der Waals surface area contributed by atoms with Gasteiger partial charge in [-0.15, -0.1) is 11.8 Å². The molecule has 0 atom stereocenters. The highest BCUT2D eigenvalue weighted by atomic mass is 32.2. The van der Waals surface area contributed by atoms with E-state index in [9.17, 15) is 13.2 Å². The number of piperazine rings is 1. The standard InChI is InChI=1S/C23H29N3O3S2/c1-30-21-7-9-22(10-8-21)31(28,29)26-13-11-19(12-14-26)23(27)25-17-15-24(16-18-25)20-5-3-2-4-6-20/h2-10,19H,11-18H2,1H3. The average Bonchev–Trinajstić information content (AvgIpc) is 2.84. The lowest BCUT2D eigenvalue weighted by molar-refractivity contribution is -0.137. The number of anilines is 1. The summed E-state index contributed by atoms with van der Waals surface area (Å²) in [5.41, 5.74) is 1.19. The number of amides is 1. The molecule has 0 unspecified atom stereocenters. The highest BCUT2D eigenvalue weighted by Gasteiger charge is 2.34. The number of rotatable bonds is 5. The van der Waals surface area contributed by atoms with Crippen molar-refractivity contribution in [2.45, 2.75) is 22.6 Å². The van der Waals surface area contributed by atoms with E-state index in [1.165, 1.54) is 9.99 Å². The molecule has 1 amide bonds. The predicted octanol–water partition coefficient (Wildman–Crippen LogP) is 3.16. The summed E-state index contributed by atoms with van der Waals surface area (Å²) in [6.45, 7) is 3.88. The molecule has 0 spiro atoms. The summed E-state index contributed by atoms with van der Waals surface area (Å²) in [5, 5.41) is 0. The molecule has 2 aliphatic heterocycles. The molecule has 0 bridgehead atoms. The van der Waals surface area contributed by atoms with Crippen molar-refractivity contribution in [1.82, 2.24) is 9.21 Å². The number of sulfonamides is 1. The zero-order chi connectivity index (χ0) is 21.8. The number of piperidine rings is 1. The molecule has 2 aromatic rings. The average molecular weight is 460 g/mol. The Morgan fingerprint density at radius 1 is 0.871 bits per heavy atom. The smallest absolute Gasteiger partial charge is 0.243 e. The van der Waals surface area contributed by atoms with Gasteiger partial charge >= 0.3 is 0 Å². The molecule has 8 heteroatoms. The molecule has 2 heterocycles. The number of thioether (sulfide) groups is 1. The van der Waals surface area contributed by atoms with Crippen LogP contribution in [0.1, 0.15) is 12.8 Å². The van der Waals surface area contributed by atoms with Gasteiger partial charge in [-0.25, -0.2) is 8.42 Å². The SMILES string of the molecule is CSc1ccc(S(=O)(=O)N2CCC(C(=O)N3CCN(c4ccccc4)CC3)CC2)cc1. The molecule has 2 aromatic carbocycles. The van der Waals surface area contributed by atoms with Gasteiger partial charge in [0.05, 0.1) is 4.90 Å². The first-order valence-corrected chi connectivity index (χ1v) is 13.4. The summed E-state index contributed by atoms with van der Waals surface area (Å²) < 4.78 is 27.4. The number of hydrogen-bond acceptors (Lipinski definition) is 5. The highest BCUT2D eigenvalue weighted by Crippen LogP contribution is 2.27. The lowest BCUT2D eigenvalue weighted by atomic mass is 9.96. The molecular weight excluding hydrogens is 430 g/mol. The van der Waals surface area contributed by atoms with Gasteiger partial charge in [-0.05, 0) is 55.5 Å². The van der Waals surface area contributed by atoms with E-state index in [1.807, 2.05) is 41.5 Å². The number of para-hydroxylation sites is 1. The maximum atomic E-state index is 13.0. The predicted molar refractivity (Wildman–Crippen MR) is 125 cm³/mol. The molecule has 2 aliphatic rings. The van der Waals surface area contributed by atoms with Crippen LogP contribution in [0, 0.1) is 5.92 Å². The van der Waals surface area contributed by atoms with Crippen molar-refractivity contribution < 1.29 is 13.2 Å². The summed E-state index contributed by atoms with van der Waals surface area (Å²) in [4.78, 5) is 18.7. The molecule has 0 aliphatic carbocycles. The van der Waals surface area contributed by atoms with Gasteiger partial charge in [-0.1, -0.05) is 18.2 Å². The normalized spacial score (nSPS) is 18.9. The van der Waals surface area contributed by atoms with Crippen molar-refractivity contribution in [2.24, 2.45) is 5.92 Å². The zero-order valence-electron chi connectivity index (χ0n) is 17.8. The lowest BCUT2D eigenvalue weighted by Gasteiger charge is -2.39. The van der Waals surface area contributed by atoms with E-state index in [4.69, 9.17) is 0 Å². The Hall–Kier alpha value is -2.03. The van der Waals surface area contributed by atoms with Crippen LogP contribution in [0.4, 0.5) is 5.69 Å².